The molecular formula is C37H27N. The van der Waals surface area contributed by atoms with Gasteiger partial charge in [-0.1, -0.05) is 105 Å². The van der Waals surface area contributed by atoms with Gasteiger partial charge >= 0.3 is 0 Å². The van der Waals surface area contributed by atoms with Gasteiger partial charge in [0.2, 0.25) is 0 Å². The molecule has 1 heteroatoms. The third-order valence-electron chi connectivity index (χ3n) is 8.56. The molecule has 0 spiro atoms. The second kappa shape index (κ2) is 7.69. The molecule has 1 aliphatic rings. The summed E-state index contributed by atoms with van der Waals surface area (Å²) in [6.45, 7) is 4.73. The van der Waals surface area contributed by atoms with Crippen LogP contribution < -0.4 is 0 Å². The molecule has 1 heterocycles. The Hall–Kier alpha value is -4.62. The van der Waals surface area contributed by atoms with Crippen molar-refractivity contribution in [2.75, 3.05) is 0 Å². The summed E-state index contributed by atoms with van der Waals surface area (Å²) in [5.74, 6) is 0. The second-order valence-corrected chi connectivity index (χ2v) is 11.0. The summed E-state index contributed by atoms with van der Waals surface area (Å²) < 4.78 is 2.37. The first kappa shape index (κ1) is 21.5. The van der Waals surface area contributed by atoms with Gasteiger partial charge in [-0.25, -0.2) is 0 Å². The molecule has 0 atom stereocenters. The SMILES string of the molecule is CC1(C)c2ccccc2-c2ccc3cc(-c4ccc5c(c4)c4ccccc4n5-c4ccccc4)ccc3c21. The van der Waals surface area contributed by atoms with Gasteiger partial charge in [-0.05, 0) is 80.6 Å². The number of aromatic nitrogens is 1. The first-order chi connectivity index (χ1) is 18.6. The van der Waals surface area contributed by atoms with E-state index in [0.717, 1.165) is 0 Å². The van der Waals surface area contributed by atoms with Gasteiger partial charge in [0.1, 0.15) is 0 Å². The molecule has 1 nitrogen and oxygen atoms in total. The molecule has 1 aromatic heterocycles. The van der Waals surface area contributed by atoms with E-state index in [9.17, 15) is 0 Å². The fourth-order valence-electron chi connectivity index (χ4n) is 6.81. The summed E-state index contributed by atoms with van der Waals surface area (Å²) in [4.78, 5) is 0. The van der Waals surface area contributed by atoms with Crippen LogP contribution in [0.3, 0.4) is 0 Å². The average Bonchev–Trinajstić information content (AvgIpc) is 3.42. The normalized spacial score (nSPS) is 13.7. The highest BCUT2D eigenvalue weighted by atomic mass is 15.0. The average molecular weight is 486 g/mol. The molecule has 38 heavy (non-hydrogen) atoms. The van der Waals surface area contributed by atoms with Gasteiger partial charge in [0.25, 0.3) is 0 Å². The molecule has 180 valence electrons. The van der Waals surface area contributed by atoms with Crippen molar-refractivity contribution in [1.29, 1.82) is 0 Å². The number of rotatable bonds is 2. The Morgan fingerprint density at radius 2 is 1.21 bits per heavy atom. The maximum atomic E-state index is 2.37. The third-order valence-corrected chi connectivity index (χ3v) is 8.56. The Labute approximate surface area is 222 Å². The van der Waals surface area contributed by atoms with Crippen LogP contribution in [0, 0.1) is 0 Å². The molecule has 0 N–H and O–H groups in total. The van der Waals surface area contributed by atoms with E-state index in [1.165, 1.54) is 71.6 Å². The fraction of sp³-hybridized carbons (Fsp3) is 0.0811. The fourth-order valence-corrected chi connectivity index (χ4v) is 6.81. The Balaban J connectivity index is 1.31. The summed E-state index contributed by atoms with van der Waals surface area (Å²) in [5, 5.41) is 5.22. The van der Waals surface area contributed by atoms with Crippen molar-refractivity contribution >= 4 is 32.6 Å². The molecule has 0 radical (unpaired) electrons. The van der Waals surface area contributed by atoms with Crippen LogP contribution in [0.2, 0.25) is 0 Å². The Bertz CT molecular complexity index is 2040. The van der Waals surface area contributed by atoms with Gasteiger partial charge in [0, 0.05) is 21.9 Å². The smallest absolute Gasteiger partial charge is 0.0541 e. The van der Waals surface area contributed by atoms with Crippen LogP contribution in [0.25, 0.3) is 60.5 Å². The Kier molecular flexibility index (Phi) is 4.35. The van der Waals surface area contributed by atoms with E-state index in [1.54, 1.807) is 0 Å². The van der Waals surface area contributed by atoms with Gasteiger partial charge in [-0.15, -0.1) is 0 Å². The van der Waals surface area contributed by atoms with Gasteiger partial charge in [-0.3, -0.25) is 0 Å². The van der Waals surface area contributed by atoms with Crippen LogP contribution in [0.4, 0.5) is 0 Å². The van der Waals surface area contributed by atoms with Crippen molar-refractivity contribution in [3.8, 4) is 27.9 Å². The second-order valence-electron chi connectivity index (χ2n) is 11.0. The lowest BCUT2D eigenvalue weighted by Gasteiger charge is -2.23. The predicted octanol–water partition coefficient (Wildman–Crippen LogP) is 9.91. The largest absolute Gasteiger partial charge is 0.309 e. The van der Waals surface area contributed by atoms with Crippen LogP contribution in [-0.4, -0.2) is 4.57 Å². The molecule has 6 aromatic carbocycles. The molecule has 0 saturated heterocycles. The van der Waals surface area contributed by atoms with Crippen molar-refractivity contribution in [2.45, 2.75) is 19.3 Å². The monoisotopic (exact) mass is 485 g/mol. The van der Waals surface area contributed by atoms with E-state index in [1.807, 2.05) is 0 Å². The highest BCUT2D eigenvalue weighted by molar-refractivity contribution is 6.10. The maximum absolute atomic E-state index is 2.37. The van der Waals surface area contributed by atoms with Gasteiger partial charge < -0.3 is 4.57 Å². The predicted molar refractivity (Wildman–Crippen MR) is 161 cm³/mol. The lowest BCUT2D eigenvalue weighted by Crippen LogP contribution is -2.15. The quantitative estimate of drug-likeness (QED) is 0.230. The van der Waals surface area contributed by atoms with Gasteiger partial charge in [-0.2, -0.15) is 0 Å². The summed E-state index contributed by atoms with van der Waals surface area (Å²) in [5.41, 5.74) is 11.8. The molecule has 1 aliphatic carbocycles. The molecule has 0 saturated carbocycles. The number of benzene rings is 6. The number of hydrogen-bond acceptors (Lipinski definition) is 0. The minimum absolute atomic E-state index is 0.00880. The number of hydrogen-bond donors (Lipinski definition) is 0. The molecule has 0 unspecified atom stereocenters. The molecule has 0 fully saturated rings. The van der Waals surface area contributed by atoms with E-state index in [0.29, 0.717) is 0 Å². The van der Waals surface area contributed by atoms with Crippen molar-refractivity contribution in [1.82, 2.24) is 4.57 Å². The van der Waals surface area contributed by atoms with Crippen molar-refractivity contribution in [3.05, 3.63) is 139 Å². The minimum atomic E-state index is -0.00880. The van der Waals surface area contributed by atoms with E-state index in [-0.39, 0.29) is 5.41 Å². The molecule has 0 bridgehead atoms. The minimum Gasteiger partial charge on any atom is -0.309 e. The van der Waals surface area contributed by atoms with Crippen LogP contribution in [0.5, 0.6) is 0 Å². The van der Waals surface area contributed by atoms with Crippen LogP contribution in [0.1, 0.15) is 25.0 Å². The van der Waals surface area contributed by atoms with E-state index in [2.05, 4.69) is 146 Å². The summed E-state index contributed by atoms with van der Waals surface area (Å²) in [6, 6.07) is 46.8. The molecule has 0 aliphatic heterocycles. The molecule has 8 rings (SSSR count). The maximum Gasteiger partial charge on any atom is 0.0541 e. The Morgan fingerprint density at radius 3 is 2.11 bits per heavy atom. The van der Waals surface area contributed by atoms with E-state index < -0.39 is 0 Å². The highest BCUT2D eigenvalue weighted by Crippen LogP contribution is 2.51. The summed E-state index contributed by atoms with van der Waals surface area (Å²) in [7, 11) is 0. The third kappa shape index (κ3) is 2.87. The first-order valence-corrected chi connectivity index (χ1v) is 13.4. The van der Waals surface area contributed by atoms with Crippen molar-refractivity contribution in [3.63, 3.8) is 0 Å². The van der Waals surface area contributed by atoms with Crippen LogP contribution >= 0.6 is 0 Å². The topological polar surface area (TPSA) is 4.93 Å². The molecule has 7 aromatic rings. The standard InChI is InChI=1S/C37H27N/c1-37(2)33-14-8-6-12-29(33)31-20-17-26-22-24(16-19-28(26)36(31)37)25-18-21-35-32(23-25)30-13-7-9-15-34(30)38(35)27-10-4-3-5-11-27/h3-23H,1-2H3. The number of fused-ring (bicyclic) bond motifs is 8. The zero-order valence-corrected chi connectivity index (χ0v) is 21.6. The van der Waals surface area contributed by atoms with Crippen molar-refractivity contribution in [2.24, 2.45) is 0 Å². The lowest BCUT2D eigenvalue weighted by molar-refractivity contribution is 0.666. The van der Waals surface area contributed by atoms with Crippen LogP contribution in [-0.2, 0) is 5.41 Å². The zero-order valence-electron chi connectivity index (χ0n) is 21.6. The summed E-state index contributed by atoms with van der Waals surface area (Å²) >= 11 is 0. The van der Waals surface area contributed by atoms with Crippen LogP contribution in [0.15, 0.2) is 127 Å². The van der Waals surface area contributed by atoms with Gasteiger partial charge in [0.15, 0.2) is 0 Å². The number of nitrogens with zero attached hydrogens (tertiary/aromatic N) is 1. The number of para-hydroxylation sites is 2. The molecular weight excluding hydrogens is 458 g/mol. The van der Waals surface area contributed by atoms with Gasteiger partial charge in [0.05, 0.1) is 11.0 Å². The zero-order chi connectivity index (χ0) is 25.4. The summed E-state index contributed by atoms with van der Waals surface area (Å²) in [6.07, 6.45) is 0. The first-order valence-electron chi connectivity index (χ1n) is 13.4. The van der Waals surface area contributed by atoms with E-state index >= 15 is 0 Å². The highest BCUT2D eigenvalue weighted by Gasteiger charge is 2.36. The lowest BCUT2D eigenvalue weighted by atomic mass is 9.80. The Morgan fingerprint density at radius 1 is 0.500 bits per heavy atom. The van der Waals surface area contributed by atoms with E-state index in [4.69, 9.17) is 0 Å². The van der Waals surface area contributed by atoms with Crippen molar-refractivity contribution < 1.29 is 0 Å². The molecule has 0 amide bonds.